The van der Waals surface area contributed by atoms with Gasteiger partial charge in [-0.1, -0.05) is 6.07 Å². The zero-order valence-electron chi connectivity index (χ0n) is 16.9. The van der Waals surface area contributed by atoms with Gasteiger partial charge in [-0.2, -0.15) is 24.5 Å². The van der Waals surface area contributed by atoms with Gasteiger partial charge in [0.2, 0.25) is 0 Å². The van der Waals surface area contributed by atoms with Crippen LogP contribution >= 0.6 is 11.3 Å². The molecule has 0 saturated heterocycles. The summed E-state index contributed by atoms with van der Waals surface area (Å²) < 4.78 is 49.8. The van der Waals surface area contributed by atoms with E-state index < -0.39 is 29.8 Å². The quantitative estimate of drug-likeness (QED) is 0.613. The molecule has 1 aromatic carbocycles. The van der Waals surface area contributed by atoms with Crippen LogP contribution in [0.5, 0.6) is 5.75 Å². The van der Waals surface area contributed by atoms with E-state index in [1.807, 2.05) is 5.38 Å². The average molecular weight is 454 g/mol. The zero-order chi connectivity index (χ0) is 22.6. The molecule has 1 unspecified atom stereocenters. The molecule has 0 saturated carbocycles. The number of hydrogen-bond donors (Lipinski definition) is 1. The van der Waals surface area contributed by atoms with Gasteiger partial charge in [-0.25, -0.2) is 9.59 Å². The van der Waals surface area contributed by atoms with Crippen molar-refractivity contribution in [2.24, 2.45) is 0 Å². The number of hydrogen-bond acceptors (Lipinski definition) is 5. The van der Waals surface area contributed by atoms with Gasteiger partial charge in [0.1, 0.15) is 12.4 Å². The molecule has 166 valence electrons. The molecule has 1 aliphatic rings. The van der Waals surface area contributed by atoms with Crippen molar-refractivity contribution in [3.05, 3.63) is 63.5 Å². The lowest BCUT2D eigenvalue weighted by atomic mass is 9.96. The van der Waals surface area contributed by atoms with Crippen LogP contribution in [0.25, 0.3) is 0 Å². The van der Waals surface area contributed by atoms with E-state index in [9.17, 15) is 22.8 Å². The minimum atomic E-state index is -4.51. The standard InChI is InChI=1S/C21H21F3N2O4S/c1-3-26-16(11-30-15-7-5-6-14(10-15)21(22,23)24)17(19(27)29-4-2)18(25-20(26)28)13-8-9-31-12-13/h5-10,12,18H,3-4,11H2,1-2H3,(H,25,28). The van der Waals surface area contributed by atoms with Gasteiger partial charge >= 0.3 is 18.2 Å². The molecule has 31 heavy (non-hydrogen) atoms. The van der Waals surface area contributed by atoms with Crippen LogP contribution < -0.4 is 10.1 Å². The Balaban J connectivity index is 2.01. The van der Waals surface area contributed by atoms with Crippen LogP contribution in [0, 0.1) is 0 Å². The van der Waals surface area contributed by atoms with Gasteiger partial charge in [0, 0.05) is 6.54 Å². The van der Waals surface area contributed by atoms with Gasteiger partial charge in [-0.05, 0) is 54.4 Å². The molecular weight excluding hydrogens is 433 g/mol. The molecule has 1 atom stereocenters. The number of nitrogens with one attached hydrogen (secondary N) is 1. The first-order valence-electron chi connectivity index (χ1n) is 9.56. The van der Waals surface area contributed by atoms with E-state index >= 15 is 0 Å². The van der Waals surface area contributed by atoms with Crippen LogP contribution in [-0.4, -0.2) is 36.7 Å². The molecule has 2 amide bonds. The van der Waals surface area contributed by atoms with Gasteiger partial charge < -0.3 is 14.8 Å². The van der Waals surface area contributed by atoms with Gasteiger partial charge in [-0.3, -0.25) is 4.90 Å². The number of urea groups is 1. The second-order valence-corrected chi connectivity index (χ2v) is 7.36. The van der Waals surface area contributed by atoms with Crippen LogP contribution in [0.3, 0.4) is 0 Å². The van der Waals surface area contributed by atoms with Crippen LogP contribution in [0.15, 0.2) is 52.4 Å². The maximum atomic E-state index is 13.0. The van der Waals surface area contributed by atoms with Crippen molar-refractivity contribution in [2.45, 2.75) is 26.1 Å². The molecule has 1 aromatic heterocycles. The Labute approximate surface area is 181 Å². The molecule has 10 heteroatoms. The molecule has 3 rings (SSSR count). The van der Waals surface area contributed by atoms with E-state index in [-0.39, 0.29) is 36.8 Å². The van der Waals surface area contributed by atoms with E-state index in [0.29, 0.717) is 5.56 Å². The monoisotopic (exact) mass is 454 g/mol. The van der Waals surface area contributed by atoms with Crippen molar-refractivity contribution < 1.29 is 32.2 Å². The van der Waals surface area contributed by atoms with Gasteiger partial charge in [0.15, 0.2) is 0 Å². The highest BCUT2D eigenvalue weighted by Crippen LogP contribution is 2.34. The van der Waals surface area contributed by atoms with E-state index in [0.717, 1.165) is 12.1 Å². The third kappa shape index (κ3) is 5.01. The first kappa shape index (κ1) is 22.7. The number of thiophene rings is 1. The number of ether oxygens (including phenoxy) is 2. The minimum Gasteiger partial charge on any atom is -0.487 e. The van der Waals surface area contributed by atoms with Crippen molar-refractivity contribution in [1.29, 1.82) is 0 Å². The lowest BCUT2D eigenvalue weighted by Crippen LogP contribution is -2.49. The average Bonchev–Trinajstić information content (AvgIpc) is 3.26. The Morgan fingerprint density at radius 3 is 2.65 bits per heavy atom. The molecule has 2 heterocycles. The summed E-state index contributed by atoms with van der Waals surface area (Å²) in [5.74, 6) is -0.653. The number of rotatable bonds is 7. The molecule has 6 nitrogen and oxygen atoms in total. The SMILES string of the molecule is CCOC(=O)C1=C(COc2cccc(C(F)(F)F)c2)N(CC)C(=O)NC1c1ccsc1. The van der Waals surface area contributed by atoms with Crippen molar-refractivity contribution in [1.82, 2.24) is 10.2 Å². The van der Waals surface area contributed by atoms with Gasteiger partial charge in [0.25, 0.3) is 0 Å². The first-order chi connectivity index (χ1) is 14.8. The summed E-state index contributed by atoms with van der Waals surface area (Å²) in [6, 6.07) is 5.03. The molecule has 0 fully saturated rings. The fourth-order valence-electron chi connectivity index (χ4n) is 3.25. The molecule has 0 bridgehead atoms. The number of likely N-dealkylation sites (N-methyl/N-ethyl adjacent to an activating group) is 1. The fraction of sp³-hybridized carbons (Fsp3) is 0.333. The highest BCUT2D eigenvalue weighted by Gasteiger charge is 2.38. The second-order valence-electron chi connectivity index (χ2n) is 6.58. The molecule has 0 spiro atoms. The Bertz CT molecular complexity index is 973. The van der Waals surface area contributed by atoms with Crippen molar-refractivity contribution >= 4 is 23.3 Å². The number of halogens is 3. The topological polar surface area (TPSA) is 67.9 Å². The largest absolute Gasteiger partial charge is 0.487 e. The fourth-order valence-corrected chi connectivity index (χ4v) is 3.93. The van der Waals surface area contributed by atoms with Crippen LogP contribution in [0.2, 0.25) is 0 Å². The van der Waals surface area contributed by atoms with Gasteiger partial charge in [-0.15, -0.1) is 0 Å². The summed E-state index contributed by atoms with van der Waals surface area (Å²) in [6.45, 7) is 3.46. The summed E-state index contributed by atoms with van der Waals surface area (Å²) in [7, 11) is 0. The molecule has 1 aliphatic heterocycles. The molecule has 1 N–H and O–H groups in total. The summed E-state index contributed by atoms with van der Waals surface area (Å²) in [5.41, 5.74) is 0.287. The predicted octanol–water partition coefficient (Wildman–Crippen LogP) is 4.75. The zero-order valence-corrected chi connectivity index (χ0v) is 17.7. The highest BCUT2D eigenvalue weighted by molar-refractivity contribution is 7.08. The maximum Gasteiger partial charge on any atom is 0.416 e. The lowest BCUT2D eigenvalue weighted by Gasteiger charge is -2.35. The number of alkyl halides is 3. The van der Waals surface area contributed by atoms with E-state index in [1.54, 1.807) is 25.3 Å². The number of nitrogens with zero attached hydrogens (tertiary/aromatic N) is 1. The third-order valence-corrected chi connectivity index (χ3v) is 5.36. The number of carbonyl (C=O) groups excluding carboxylic acids is 2. The van der Waals surface area contributed by atoms with E-state index in [4.69, 9.17) is 9.47 Å². The van der Waals surface area contributed by atoms with E-state index in [1.165, 1.54) is 28.4 Å². The number of esters is 1. The summed E-state index contributed by atoms with van der Waals surface area (Å²) in [4.78, 5) is 26.8. The molecule has 2 aromatic rings. The Kier molecular flexibility index (Phi) is 6.89. The van der Waals surface area contributed by atoms with Crippen molar-refractivity contribution in [3.63, 3.8) is 0 Å². The molecular formula is C21H21F3N2O4S. The minimum absolute atomic E-state index is 0.0281. The number of benzene rings is 1. The maximum absolute atomic E-state index is 13.0. The smallest absolute Gasteiger partial charge is 0.416 e. The molecule has 0 aliphatic carbocycles. The van der Waals surface area contributed by atoms with Crippen LogP contribution in [0.4, 0.5) is 18.0 Å². The van der Waals surface area contributed by atoms with Crippen molar-refractivity contribution in [3.8, 4) is 5.75 Å². The number of amides is 2. The van der Waals surface area contributed by atoms with E-state index in [2.05, 4.69) is 5.32 Å². The molecule has 0 radical (unpaired) electrons. The highest BCUT2D eigenvalue weighted by atomic mass is 32.1. The normalized spacial score (nSPS) is 16.9. The predicted molar refractivity (Wildman–Crippen MR) is 109 cm³/mol. The van der Waals surface area contributed by atoms with Gasteiger partial charge in [0.05, 0.1) is 29.5 Å². The Morgan fingerprint density at radius 2 is 2.03 bits per heavy atom. The lowest BCUT2D eigenvalue weighted by molar-refractivity contribution is -0.139. The van der Waals surface area contributed by atoms with Crippen LogP contribution in [0.1, 0.15) is 31.0 Å². The third-order valence-electron chi connectivity index (χ3n) is 4.66. The summed E-state index contributed by atoms with van der Waals surface area (Å²) in [6.07, 6.45) is -4.51. The Morgan fingerprint density at radius 1 is 1.26 bits per heavy atom. The second kappa shape index (κ2) is 9.42. The summed E-state index contributed by atoms with van der Waals surface area (Å²) >= 11 is 1.41. The number of carbonyl (C=O) groups is 2. The summed E-state index contributed by atoms with van der Waals surface area (Å²) in [5, 5.41) is 6.41. The first-order valence-corrected chi connectivity index (χ1v) is 10.5. The van der Waals surface area contributed by atoms with Crippen LogP contribution in [-0.2, 0) is 15.7 Å². The van der Waals surface area contributed by atoms with Crippen molar-refractivity contribution in [2.75, 3.05) is 19.8 Å². The Hall–Kier alpha value is -3.01.